The molecule has 1 aromatic heterocycles. The molecule has 2 N–H and O–H groups in total. The van der Waals surface area contributed by atoms with E-state index in [9.17, 15) is 26.3 Å². The van der Waals surface area contributed by atoms with E-state index in [1.807, 2.05) is 18.5 Å². The highest BCUT2D eigenvalue weighted by Gasteiger charge is 2.40. The molecule has 4 heterocycles. The molecule has 210 valence electrons. The lowest BCUT2D eigenvalue weighted by Crippen LogP contribution is -2.52. The normalized spacial score (nSPS) is 22.9. The minimum atomic E-state index is -5.08. The number of rotatable bonds is 5. The van der Waals surface area contributed by atoms with Crippen LogP contribution in [0.25, 0.3) is 0 Å². The highest BCUT2D eigenvalue weighted by molar-refractivity contribution is 5.73. The van der Waals surface area contributed by atoms with Crippen LogP contribution in [-0.2, 0) is 20.9 Å². The summed E-state index contributed by atoms with van der Waals surface area (Å²) in [6.07, 6.45) is -3.19. The Morgan fingerprint density at radius 1 is 0.946 bits per heavy atom. The Labute approximate surface area is 209 Å². The van der Waals surface area contributed by atoms with E-state index in [1.54, 1.807) is 0 Å². The fraction of sp³-hybridized carbons (Fsp3) is 0.682. The minimum absolute atomic E-state index is 0.388. The van der Waals surface area contributed by atoms with Crippen LogP contribution in [0.5, 0.6) is 0 Å². The van der Waals surface area contributed by atoms with Crippen LogP contribution in [0.1, 0.15) is 18.4 Å². The third-order valence-electron chi connectivity index (χ3n) is 6.01. The van der Waals surface area contributed by atoms with Gasteiger partial charge in [0.05, 0.1) is 12.7 Å². The molecule has 0 saturated carbocycles. The van der Waals surface area contributed by atoms with Crippen molar-refractivity contribution < 1.29 is 50.9 Å². The summed E-state index contributed by atoms with van der Waals surface area (Å²) in [6.45, 7) is 10.2. The van der Waals surface area contributed by atoms with Gasteiger partial charge in [0.1, 0.15) is 0 Å². The number of carboxylic acid groups (broad SMARTS) is 2. The largest absolute Gasteiger partial charge is 0.490 e. The van der Waals surface area contributed by atoms with Crippen LogP contribution in [0.3, 0.4) is 0 Å². The second kappa shape index (κ2) is 13.9. The number of alkyl halides is 6. The average Bonchev–Trinajstić information content (AvgIpc) is 3.47. The Balaban J connectivity index is 0.000000286. The Kier molecular flexibility index (Phi) is 11.5. The van der Waals surface area contributed by atoms with Crippen LogP contribution in [0, 0.1) is 0 Å². The molecule has 3 aliphatic heterocycles. The minimum Gasteiger partial charge on any atom is -0.475 e. The number of aromatic nitrogens is 1. The number of morpholine rings is 1. The second-order valence-electron chi connectivity index (χ2n) is 8.72. The van der Waals surface area contributed by atoms with Crippen LogP contribution >= 0.6 is 0 Å². The van der Waals surface area contributed by atoms with Crippen molar-refractivity contribution >= 4 is 11.9 Å². The number of nitrogens with zero attached hydrogens (tertiary/aromatic N) is 4. The maximum Gasteiger partial charge on any atom is 0.490 e. The molecule has 0 spiro atoms. The van der Waals surface area contributed by atoms with Crippen molar-refractivity contribution in [1.82, 2.24) is 19.7 Å². The first-order chi connectivity index (χ1) is 17.3. The second-order valence-corrected chi connectivity index (χ2v) is 8.72. The van der Waals surface area contributed by atoms with Gasteiger partial charge in [0.2, 0.25) is 0 Å². The summed E-state index contributed by atoms with van der Waals surface area (Å²) in [5.74, 6) is -5.51. The quantitative estimate of drug-likeness (QED) is 0.541. The number of carbonyl (C=O) groups is 2. The number of hydrogen-bond donors (Lipinski definition) is 2. The van der Waals surface area contributed by atoms with Crippen molar-refractivity contribution in [3.05, 3.63) is 30.1 Å². The van der Waals surface area contributed by atoms with Gasteiger partial charge < -0.3 is 19.8 Å². The molecule has 0 amide bonds. The number of ether oxygens (including phenoxy) is 1. The van der Waals surface area contributed by atoms with Crippen molar-refractivity contribution in [1.29, 1.82) is 0 Å². The van der Waals surface area contributed by atoms with Gasteiger partial charge in [0.25, 0.3) is 0 Å². The molecule has 0 unspecified atom stereocenters. The first-order valence-corrected chi connectivity index (χ1v) is 11.6. The molecule has 3 saturated heterocycles. The van der Waals surface area contributed by atoms with Crippen LogP contribution in [-0.4, -0.2) is 119 Å². The Morgan fingerprint density at radius 2 is 1.54 bits per heavy atom. The number of aliphatic carboxylic acids is 2. The summed E-state index contributed by atoms with van der Waals surface area (Å²) in [6, 6.07) is 4.76. The molecular formula is C22H30F6N4O5. The summed E-state index contributed by atoms with van der Waals surface area (Å²) in [5.41, 5.74) is 1.30. The summed E-state index contributed by atoms with van der Waals surface area (Å²) >= 11 is 0. The molecular weight excluding hydrogens is 514 g/mol. The maximum absolute atomic E-state index is 10.6. The molecule has 0 radical (unpaired) electrons. The number of carboxylic acids is 2. The van der Waals surface area contributed by atoms with Gasteiger partial charge in [0, 0.05) is 57.7 Å². The van der Waals surface area contributed by atoms with Crippen LogP contribution < -0.4 is 0 Å². The molecule has 0 bridgehead atoms. The van der Waals surface area contributed by atoms with E-state index < -0.39 is 24.3 Å². The zero-order chi connectivity index (χ0) is 27.6. The van der Waals surface area contributed by atoms with Crippen molar-refractivity contribution in [2.45, 2.75) is 43.9 Å². The smallest absolute Gasteiger partial charge is 0.475 e. The molecule has 9 nitrogen and oxygen atoms in total. The molecule has 4 rings (SSSR count). The lowest BCUT2D eigenvalue weighted by Gasteiger charge is -2.37. The van der Waals surface area contributed by atoms with Crippen molar-refractivity contribution in [2.24, 2.45) is 0 Å². The number of fused-ring (bicyclic) bond motifs is 1. The van der Waals surface area contributed by atoms with Crippen molar-refractivity contribution in [2.75, 3.05) is 52.4 Å². The highest BCUT2D eigenvalue weighted by atomic mass is 19.4. The van der Waals surface area contributed by atoms with Gasteiger partial charge in [-0.15, -0.1) is 0 Å². The molecule has 15 heteroatoms. The topological polar surface area (TPSA) is 106 Å². The zero-order valence-corrected chi connectivity index (χ0v) is 19.9. The van der Waals surface area contributed by atoms with Crippen LogP contribution in [0.2, 0.25) is 0 Å². The van der Waals surface area contributed by atoms with Crippen molar-refractivity contribution in [3.63, 3.8) is 0 Å². The van der Waals surface area contributed by atoms with Crippen molar-refractivity contribution in [3.8, 4) is 0 Å². The Bertz CT molecular complexity index is 828. The molecule has 2 atom stereocenters. The van der Waals surface area contributed by atoms with E-state index in [1.165, 1.54) is 44.6 Å². The average molecular weight is 544 g/mol. The van der Waals surface area contributed by atoms with Crippen LogP contribution in [0.15, 0.2) is 24.5 Å². The monoisotopic (exact) mass is 544 g/mol. The van der Waals surface area contributed by atoms with Gasteiger partial charge in [-0.3, -0.25) is 14.8 Å². The van der Waals surface area contributed by atoms with Gasteiger partial charge >= 0.3 is 24.3 Å². The van der Waals surface area contributed by atoms with E-state index in [4.69, 9.17) is 24.5 Å². The SMILES string of the molecule is O=C(O)C(F)(F)F.O=C(O)C(F)(F)F.c1cncc(CN2C[C@@H]3OCCN(CCN4CCCC4)[C@@H]3C2)c1. The zero-order valence-electron chi connectivity index (χ0n) is 19.9. The van der Waals surface area contributed by atoms with E-state index in [-0.39, 0.29) is 0 Å². The van der Waals surface area contributed by atoms with E-state index in [2.05, 4.69) is 25.8 Å². The number of likely N-dealkylation sites (tertiary alicyclic amines) is 2. The van der Waals surface area contributed by atoms with Gasteiger partial charge in [-0.1, -0.05) is 6.07 Å². The highest BCUT2D eigenvalue weighted by Crippen LogP contribution is 2.24. The number of pyridine rings is 1. The summed E-state index contributed by atoms with van der Waals surface area (Å²) in [4.78, 5) is 29.8. The molecule has 1 aromatic rings. The Hall–Kier alpha value is -2.49. The van der Waals surface area contributed by atoms with Gasteiger partial charge in [-0.2, -0.15) is 26.3 Å². The molecule has 3 fully saturated rings. The third kappa shape index (κ3) is 10.8. The predicted molar refractivity (Wildman–Crippen MR) is 118 cm³/mol. The third-order valence-corrected chi connectivity index (χ3v) is 6.01. The fourth-order valence-corrected chi connectivity index (χ4v) is 4.27. The maximum atomic E-state index is 10.6. The predicted octanol–water partition coefficient (Wildman–Crippen LogP) is 2.33. The van der Waals surface area contributed by atoms with Gasteiger partial charge in [0.15, 0.2) is 0 Å². The first-order valence-electron chi connectivity index (χ1n) is 11.6. The summed E-state index contributed by atoms with van der Waals surface area (Å²) in [5, 5.41) is 14.2. The van der Waals surface area contributed by atoms with E-state index in [0.717, 1.165) is 32.8 Å². The Morgan fingerprint density at radius 3 is 2.05 bits per heavy atom. The van der Waals surface area contributed by atoms with E-state index in [0.29, 0.717) is 12.1 Å². The molecule has 0 aromatic carbocycles. The molecule has 3 aliphatic rings. The number of hydrogen-bond acceptors (Lipinski definition) is 7. The molecule has 0 aliphatic carbocycles. The van der Waals surface area contributed by atoms with Gasteiger partial charge in [-0.05, 0) is 37.6 Å². The standard InChI is InChI=1S/C18H28N4O.2C2HF3O2/c1-2-7-20(6-1)8-9-22-10-11-23-18-15-21(14-17(18)22)13-16-4-3-5-19-12-16;2*3-2(4,5)1(6)7/h3-5,12,17-18H,1-2,6-11,13-15H2;2*(H,6,7)/t17-,18+;;/m1../s1. The lowest BCUT2D eigenvalue weighted by atomic mass is 10.1. The van der Waals surface area contributed by atoms with Gasteiger partial charge in [-0.25, -0.2) is 9.59 Å². The first kappa shape index (κ1) is 30.7. The molecule has 37 heavy (non-hydrogen) atoms. The van der Waals surface area contributed by atoms with Crippen LogP contribution in [0.4, 0.5) is 26.3 Å². The summed E-state index contributed by atoms with van der Waals surface area (Å²) < 4.78 is 69.5. The lowest BCUT2D eigenvalue weighted by molar-refractivity contribution is -0.193. The summed E-state index contributed by atoms with van der Waals surface area (Å²) in [7, 11) is 0. The fourth-order valence-electron chi connectivity index (χ4n) is 4.27. The number of halogens is 6. The van der Waals surface area contributed by atoms with E-state index >= 15 is 0 Å².